The second-order valence-electron chi connectivity index (χ2n) is 6.40. The van der Waals surface area contributed by atoms with Crippen LogP contribution in [-0.4, -0.2) is 48.6 Å². The molecule has 3 rings (SSSR count). The maximum atomic E-state index is 13.1. The molecule has 0 radical (unpaired) electrons. The lowest BCUT2D eigenvalue weighted by atomic mass is 10.1. The zero-order valence-electron chi connectivity index (χ0n) is 12.9. The fourth-order valence-electron chi connectivity index (χ4n) is 3.44. The molecule has 1 N–H and O–H groups in total. The van der Waals surface area contributed by atoms with Crippen LogP contribution in [0.3, 0.4) is 0 Å². The Morgan fingerprint density at radius 2 is 2.05 bits per heavy atom. The van der Waals surface area contributed by atoms with E-state index in [1.165, 1.54) is 44.5 Å². The predicted molar refractivity (Wildman–Crippen MR) is 85.4 cm³/mol. The van der Waals surface area contributed by atoms with E-state index in [9.17, 15) is 9.18 Å². The van der Waals surface area contributed by atoms with Crippen molar-refractivity contribution in [1.29, 1.82) is 0 Å². The van der Waals surface area contributed by atoms with Gasteiger partial charge in [0.2, 0.25) is 0 Å². The van der Waals surface area contributed by atoms with Gasteiger partial charge in [-0.1, -0.05) is 12.5 Å². The average Bonchev–Trinajstić information content (AvgIpc) is 2.97. The standard InChI is InChI=1S/C17H24FN3O/c18-15-5-4-6-16(11-15)19-17(22)21-10-7-14(13-21)12-20-8-2-1-3-9-20/h4-6,11,14H,1-3,7-10,12-13H2,(H,19,22). The van der Waals surface area contributed by atoms with Gasteiger partial charge in [0.1, 0.15) is 5.82 Å². The van der Waals surface area contributed by atoms with Gasteiger partial charge in [0.05, 0.1) is 0 Å². The summed E-state index contributed by atoms with van der Waals surface area (Å²) in [6.45, 7) is 5.10. The van der Waals surface area contributed by atoms with Crippen molar-refractivity contribution < 1.29 is 9.18 Å². The van der Waals surface area contributed by atoms with Crippen LogP contribution < -0.4 is 5.32 Å². The number of hydrogen-bond donors (Lipinski definition) is 1. The van der Waals surface area contributed by atoms with E-state index in [0.717, 1.165) is 26.1 Å². The highest BCUT2D eigenvalue weighted by molar-refractivity contribution is 5.89. The summed E-state index contributed by atoms with van der Waals surface area (Å²) in [4.78, 5) is 16.6. The molecule has 2 amide bonds. The molecule has 22 heavy (non-hydrogen) atoms. The number of halogens is 1. The van der Waals surface area contributed by atoms with Crippen molar-refractivity contribution in [2.24, 2.45) is 5.92 Å². The Kier molecular flexibility index (Phi) is 4.93. The van der Waals surface area contributed by atoms with Gasteiger partial charge < -0.3 is 15.1 Å². The molecular formula is C17H24FN3O. The zero-order chi connectivity index (χ0) is 15.4. The van der Waals surface area contributed by atoms with Crippen LogP contribution in [0.1, 0.15) is 25.7 Å². The molecule has 1 unspecified atom stereocenters. The average molecular weight is 305 g/mol. The maximum absolute atomic E-state index is 13.1. The van der Waals surface area contributed by atoms with E-state index in [1.54, 1.807) is 12.1 Å². The first-order valence-corrected chi connectivity index (χ1v) is 8.24. The van der Waals surface area contributed by atoms with Gasteiger partial charge in [0.15, 0.2) is 0 Å². The molecule has 2 heterocycles. The molecule has 2 fully saturated rings. The smallest absolute Gasteiger partial charge is 0.321 e. The molecule has 5 heteroatoms. The number of anilines is 1. The van der Waals surface area contributed by atoms with Gasteiger partial charge in [-0.2, -0.15) is 0 Å². The summed E-state index contributed by atoms with van der Waals surface area (Å²) in [5.74, 6) is 0.235. The first-order chi connectivity index (χ1) is 10.7. The molecule has 0 spiro atoms. The first kappa shape index (κ1) is 15.3. The van der Waals surface area contributed by atoms with Crippen molar-refractivity contribution in [1.82, 2.24) is 9.80 Å². The molecule has 0 aromatic heterocycles. The number of nitrogens with zero attached hydrogens (tertiary/aromatic N) is 2. The molecule has 0 aliphatic carbocycles. The second kappa shape index (κ2) is 7.09. The van der Waals surface area contributed by atoms with Crippen LogP contribution in [0, 0.1) is 11.7 Å². The van der Waals surface area contributed by atoms with Crippen molar-refractivity contribution in [2.75, 3.05) is 38.0 Å². The van der Waals surface area contributed by atoms with E-state index < -0.39 is 0 Å². The minimum atomic E-state index is -0.331. The van der Waals surface area contributed by atoms with Gasteiger partial charge in [0, 0.05) is 25.3 Å². The summed E-state index contributed by atoms with van der Waals surface area (Å²) >= 11 is 0. The fourth-order valence-corrected chi connectivity index (χ4v) is 3.44. The van der Waals surface area contributed by atoms with Crippen molar-refractivity contribution in [3.05, 3.63) is 30.1 Å². The Hall–Kier alpha value is -1.62. The molecule has 0 saturated carbocycles. The minimum absolute atomic E-state index is 0.119. The Bertz CT molecular complexity index is 516. The molecule has 2 aliphatic heterocycles. The summed E-state index contributed by atoms with van der Waals surface area (Å²) in [6.07, 6.45) is 5.02. The lowest BCUT2D eigenvalue weighted by Crippen LogP contribution is -2.37. The van der Waals surface area contributed by atoms with E-state index in [4.69, 9.17) is 0 Å². The highest BCUT2D eigenvalue weighted by Crippen LogP contribution is 2.21. The van der Waals surface area contributed by atoms with Gasteiger partial charge in [-0.3, -0.25) is 0 Å². The summed E-state index contributed by atoms with van der Waals surface area (Å²) in [5, 5.41) is 2.78. The Labute approximate surface area is 131 Å². The topological polar surface area (TPSA) is 35.6 Å². The third-order valence-electron chi connectivity index (χ3n) is 4.61. The van der Waals surface area contributed by atoms with E-state index in [0.29, 0.717) is 11.6 Å². The van der Waals surface area contributed by atoms with Gasteiger partial charge in [0.25, 0.3) is 0 Å². The fraction of sp³-hybridized carbons (Fsp3) is 0.588. The molecule has 120 valence electrons. The SMILES string of the molecule is O=C(Nc1cccc(F)c1)N1CCC(CN2CCCCC2)C1. The molecule has 4 nitrogen and oxygen atoms in total. The van der Waals surface area contributed by atoms with Crippen molar-refractivity contribution in [3.8, 4) is 0 Å². The summed E-state index contributed by atoms with van der Waals surface area (Å²) < 4.78 is 13.1. The van der Waals surface area contributed by atoms with Crippen LogP contribution in [-0.2, 0) is 0 Å². The van der Waals surface area contributed by atoms with Gasteiger partial charge in [-0.25, -0.2) is 9.18 Å². The summed E-state index contributed by atoms with van der Waals surface area (Å²) in [7, 11) is 0. The maximum Gasteiger partial charge on any atom is 0.321 e. The van der Waals surface area contributed by atoms with Gasteiger partial charge >= 0.3 is 6.03 Å². The molecule has 2 aliphatic rings. The zero-order valence-corrected chi connectivity index (χ0v) is 12.9. The largest absolute Gasteiger partial charge is 0.324 e. The summed E-state index contributed by atoms with van der Waals surface area (Å²) in [5.41, 5.74) is 0.518. The minimum Gasteiger partial charge on any atom is -0.324 e. The van der Waals surface area contributed by atoms with E-state index in [1.807, 2.05) is 4.90 Å². The molecule has 1 atom stereocenters. The van der Waals surface area contributed by atoms with Crippen molar-refractivity contribution in [2.45, 2.75) is 25.7 Å². The second-order valence-corrected chi connectivity index (χ2v) is 6.40. The lowest BCUT2D eigenvalue weighted by molar-refractivity contribution is 0.192. The van der Waals surface area contributed by atoms with Gasteiger partial charge in [-0.15, -0.1) is 0 Å². The van der Waals surface area contributed by atoms with Crippen molar-refractivity contribution >= 4 is 11.7 Å². The van der Waals surface area contributed by atoms with Crippen LogP contribution in [0.25, 0.3) is 0 Å². The van der Waals surface area contributed by atoms with E-state index in [2.05, 4.69) is 10.2 Å². The number of carbonyl (C=O) groups is 1. The Balaban J connectivity index is 1.48. The first-order valence-electron chi connectivity index (χ1n) is 8.24. The number of benzene rings is 1. The highest BCUT2D eigenvalue weighted by Gasteiger charge is 2.28. The molecule has 1 aromatic rings. The van der Waals surface area contributed by atoms with Crippen LogP contribution in [0.5, 0.6) is 0 Å². The quantitative estimate of drug-likeness (QED) is 0.931. The number of amides is 2. The van der Waals surface area contributed by atoms with Crippen LogP contribution in [0.15, 0.2) is 24.3 Å². The van der Waals surface area contributed by atoms with E-state index >= 15 is 0 Å². The van der Waals surface area contributed by atoms with Gasteiger partial charge in [-0.05, 0) is 56.5 Å². The molecular weight excluding hydrogens is 281 g/mol. The normalized spacial score (nSPS) is 22.8. The lowest BCUT2D eigenvalue weighted by Gasteiger charge is -2.29. The third kappa shape index (κ3) is 3.97. The number of urea groups is 1. The third-order valence-corrected chi connectivity index (χ3v) is 4.61. The molecule has 0 bridgehead atoms. The number of carbonyl (C=O) groups excluding carboxylic acids is 1. The highest BCUT2D eigenvalue weighted by atomic mass is 19.1. The molecule has 1 aromatic carbocycles. The van der Waals surface area contributed by atoms with Crippen LogP contribution in [0.2, 0.25) is 0 Å². The number of piperidine rings is 1. The number of hydrogen-bond acceptors (Lipinski definition) is 2. The van der Waals surface area contributed by atoms with Crippen LogP contribution in [0.4, 0.5) is 14.9 Å². The monoisotopic (exact) mass is 305 g/mol. The van der Waals surface area contributed by atoms with Crippen LogP contribution >= 0.6 is 0 Å². The molecule has 2 saturated heterocycles. The number of likely N-dealkylation sites (tertiary alicyclic amines) is 2. The predicted octanol–water partition coefficient (Wildman–Crippen LogP) is 3.17. The Morgan fingerprint density at radius 1 is 1.23 bits per heavy atom. The summed E-state index contributed by atoms with van der Waals surface area (Å²) in [6, 6.07) is 5.92. The van der Waals surface area contributed by atoms with E-state index in [-0.39, 0.29) is 11.8 Å². The number of rotatable bonds is 3. The van der Waals surface area contributed by atoms with Crippen molar-refractivity contribution in [3.63, 3.8) is 0 Å². The number of nitrogens with one attached hydrogen (secondary N) is 1. The Morgan fingerprint density at radius 3 is 2.82 bits per heavy atom.